The van der Waals surface area contributed by atoms with Crippen molar-refractivity contribution >= 4 is 57.4 Å². The zero-order chi connectivity index (χ0) is 19.6. The molecule has 142 valence electrons. The van der Waals surface area contributed by atoms with Crippen molar-refractivity contribution in [1.29, 1.82) is 0 Å². The summed E-state index contributed by atoms with van der Waals surface area (Å²) in [6, 6.07) is 6.65. The average Bonchev–Trinajstić information content (AvgIpc) is 3.09. The second-order valence-electron chi connectivity index (χ2n) is 5.55. The fraction of sp³-hybridized carbons (Fsp3) is 0.312. The van der Waals surface area contributed by atoms with Gasteiger partial charge in [0.05, 0.1) is 6.61 Å². The van der Waals surface area contributed by atoms with E-state index in [-0.39, 0.29) is 0 Å². The van der Waals surface area contributed by atoms with E-state index in [1.54, 1.807) is 24.3 Å². The molecule has 0 saturated carbocycles. The summed E-state index contributed by atoms with van der Waals surface area (Å²) < 4.78 is 5.31. The maximum Gasteiger partial charge on any atom is 0.289 e. The summed E-state index contributed by atoms with van der Waals surface area (Å²) in [5.74, 6) is -1.17. The molecule has 2 heterocycles. The maximum atomic E-state index is 12.4. The molecule has 0 bridgehead atoms. The SMILES string of the molecule is CCOc1ccc(NC(=O)CN2C(=O)S[C@H]([C@H]3SC(=O)NC3=O)C2=O)cc1. The molecule has 11 heteroatoms. The van der Waals surface area contributed by atoms with Crippen LogP contribution in [0.15, 0.2) is 24.3 Å². The van der Waals surface area contributed by atoms with Crippen LogP contribution in [0.2, 0.25) is 0 Å². The van der Waals surface area contributed by atoms with Crippen molar-refractivity contribution in [2.24, 2.45) is 0 Å². The standard InChI is InChI=1S/C16H15N3O6S2/c1-2-25-9-5-3-8(4-6-9)17-10(20)7-19-14(22)12(27-16(19)24)11-13(21)18-15(23)26-11/h3-6,11-12H,2,7H2,1H3,(H,17,20)(H,18,21,23)/t11-,12-/m1/s1. The molecule has 0 aromatic heterocycles. The zero-order valence-electron chi connectivity index (χ0n) is 14.1. The summed E-state index contributed by atoms with van der Waals surface area (Å²) in [6.45, 7) is 1.91. The van der Waals surface area contributed by atoms with Crippen LogP contribution >= 0.6 is 23.5 Å². The van der Waals surface area contributed by atoms with Crippen molar-refractivity contribution in [3.63, 3.8) is 0 Å². The number of nitrogens with zero attached hydrogens (tertiary/aromatic N) is 1. The van der Waals surface area contributed by atoms with Crippen molar-refractivity contribution in [3.05, 3.63) is 24.3 Å². The normalized spacial score (nSPS) is 22.2. The van der Waals surface area contributed by atoms with Gasteiger partial charge >= 0.3 is 0 Å². The highest BCUT2D eigenvalue weighted by molar-refractivity contribution is 8.19. The molecule has 5 amide bonds. The van der Waals surface area contributed by atoms with Gasteiger partial charge in [-0.3, -0.25) is 34.2 Å². The third kappa shape index (κ3) is 4.25. The number of rotatable bonds is 6. The summed E-state index contributed by atoms with van der Waals surface area (Å²) in [5, 5.41) is 1.49. The summed E-state index contributed by atoms with van der Waals surface area (Å²) >= 11 is 1.32. The molecule has 0 aliphatic carbocycles. The molecule has 3 rings (SSSR count). The largest absolute Gasteiger partial charge is 0.494 e. The lowest BCUT2D eigenvalue weighted by Gasteiger charge is -2.15. The van der Waals surface area contributed by atoms with Crippen LogP contribution in [0.4, 0.5) is 15.3 Å². The Morgan fingerprint density at radius 2 is 1.85 bits per heavy atom. The van der Waals surface area contributed by atoms with Crippen LogP contribution in [0.5, 0.6) is 5.75 Å². The van der Waals surface area contributed by atoms with E-state index < -0.39 is 45.2 Å². The lowest BCUT2D eigenvalue weighted by molar-refractivity contribution is -0.131. The Labute approximate surface area is 162 Å². The monoisotopic (exact) mass is 409 g/mol. The number of hydrogen-bond donors (Lipinski definition) is 2. The molecule has 2 aliphatic heterocycles. The summed E-state index contributed by atoms with van der Waals surface area (Å²) in [4.78, 5) is 60.5. The van der Waals surface area contributed by atoms with E-state index in [0.717, 1.165) is 4.90 Å². The van der Waals surface area contributed by atoms with Crippen molar-refractivity contribution in [2.75, 3.05) is 18.5 Å². The molecule has 0 radical (unpaired) electrons. The Kier molecular flexibility index (Phi) is 5.71. The third-order valence-corrected chi connectivity index (χ3v) is 6.08. The van der Waals surface area contributed by atoms with E-state index in [2.05, 4.69) is 10.6 Å². The van der Waals surface area contributed by atoms with Gasteiger partial charge in [0, 0.05) is 5.69 Å². The predicted molar refractivity (Wildman–Crippen MR) is 99.6 cm³/mol. The highest BCUT2D eigenvalue weighted by Gasteiger charge is 2.50. The lowest BCUT2D eigenvalue weighted by atomic mass is 10.2. The van der Waals surface area contributed by atoms with Gasteiger partial charge in [-0.1, -0.05) is 0 Å². The molecule has 2 atom stereocenters. The molecular formula is C16H15N3O6S2. The summed E-state index contributed by atoms with van der Waals surface area (Å²) in [6.07, 6.45) is 0. The maximum absolute atomic E-state index is 12.4. The number of anilines is 1. The van der Waals surface area contributed by atoms with Gasteiger partial charge in [-0.15, -0.1) is 0 Å². The molecule has 1 aromatic rings. The quantitative estimate of drug-likeness (QED) is 0.724. The number of benzene rings is 1. The first-order valence-electron chi connectivity index (χ1n) is 7.95. The first-order chi connectivity index (χ1) is 12.9. The molecule has 2 N–H and O–H groups in total. The molecule has 9 nitrogen and oxygen atoms in total. The van der Waals surface area contributed by atoms with E-state index in [4.69, 9.17) is 4.74 Å². The van der Waals surface area contributed by atoms with Crippen molar-refractivity contribution < 1.29 is 28.7 Å². The second-order valence-corrected chi connectivity index (χ2v) is 7.76. The van der Waals surface area contributed by atoms with Gasteiger partial charge in [0.2, 0.25) is 17.7 Å². The number of thioether (sulfide) groups is 2. The van der Waals surface area contributed by atoms with Crippen molar-refractivity contribution in [1.82, 2.24) is 10.2 Å². The Hall–Kier alpha value is -2.53. The Bertz CT molecular complexity index is 813. The number of hydrogen-bond acceptors (Lipinski definition) is 8. The Morgan fingerprint density at radius 1 is 1.15 bits per heavy atom. The minimum absolute atomic E-state index is 0.471. The fourth-order valence-electron chi connectivity index (χ4n) is 2.51. The number of carbonyl (C=O) groups excluding carboxylic acids is 5. The molecular weight excluding hydrogens is 394 g/mol. The molecule has 1 aromatic carbocycles. The molecule has 2 fully saturated rings. The minimum Gasteiger partial charge on any atom is -0.494 e. The van der Waals surface area contributed by atoms with Gasteiger partial charge in [0.15, 0.2) is 0 Å². The molecule has 2 saturated heterocycles. The predicted octanol–water partition coefficient (Wildman–Crippen LogP) is 1.44. The molecule has 27 heavy (non-hydrogen) atoms. The first kappa shape index (κ1) is 19.2. The number of carbonyl (C=O) groups is 5. The van der Waals surface area contributed by atoms with Crippen LogP contribution in [0, 0.1) is 0 Å². The van der Waals surface area contributed by atoms with Crippen LogP contribution in [-0.4, -0.2) is 56.8 Å². The Morgan fingerprint density at radius 3 is 2.44 bits per heavy atom. The zero-order valence-corrected chi connectivity index (χ0v) is 15.7. The topological polar surface area (TPSA) is 122 Å². The highest BCUT2D eigenvalue weighted by Crippen LogP contribution is 2.36. The van der Waals surface area contributed by atoms with Crippen LogP contribution in [0.25, 0.3) is 0 Å². The fourth-order valence-corrected chi connectivity index (χ4v) is 4.62. The van der Waals surface area contributed by atoms with Gasteiger partial charge in [0.1, 0.15) is 22.8 Å². The number of nitrogens with one attached hydrogen (secondary N) is 2. The van der Waals surface area contributed by atoms with E-state index in [1.807, 2.05) is 6.92 Å². The van der Waals surface area contributed by atoms with E-state index in [0.29, 0.717) is 41.6 Å². The minimum atomic E-state index is -1.02. The third-order valence-electron chi connectivity index (χ3n) is 3.70. The smallest absolute Gasteiger partial charge is 0.289 e. The van der Waals surface area contributed by atoms with Gasteiger partial charge in [-0.25, -0.2) is 0 Å². The van der Waals surface area contributed by atoms with E-state index >= 15 is 0 Å². The number of amides is 5. The summed E-state index contributed by atoms with van der Waals surface area (Å²) in [5.41, 5.74) is 0.489. The van der Waals surface area contributed by atoms with Crippen molar-refractivity contribution in [3.8, 4) is 5.75 Å². The van der Waals surface area contributed by atoms with Gasteiger partial charge in [-0.2, -0.15) is 0 Å². The second kappa shape index (κ2) is 8.01. The van der Waals surface area contributed by atoms with Crippen LogP contribution in [0.3, 0.4) is 0 Å². The van der Waals surface area contributed by atoms with Gasteiger partial charge < -0.3 is 10.1 Å². The molecule has 0 unspecified atom stereocenters. The number of ether oxygens (including phenoxy) is 1. The first-order valence-corrected chi connectivity index (χ1v) is 9.71. The van der Waals surface area contributed by atoms with Gasteiger partial charge in [0.25, 0.3) is 10.5 Å². The van der Waals surface area contributed by atoms with Crippen LogP contribution in [0.1, 0.15) is 6.92 Å². The Balaban J connectivity index is 1.60. The van der Waals surface area contributed by atoms with Crippen LogP contribution < -0.4 is 15.4 Å². The van der Waals surface area contributed by atoms with Gasteiger partial charge in [-0.05, 0) is 54.7 Å². The van der Waals surface area contributed by atoms with E-state index in [9.17, 15) is 24.0 Å². The van der Waals surface area contributed by atoms with Crippen LogP contribution in [-0.2, 0) is 14.4 Å². The van der Waals surface area contributed by atoms with E-state index in [1.165, 1.54) is 0 Å². The molecule has 0 spiro atoms. The summed E-state index contributed by atoms with van der Waals surface area (Å²) in [7, 11) is 0. The average molecular weight is 409 g/mol. The lowest BCUT2D eigenvalue weighted by Crippen LogP contribution is -2.42. The molecule has 2 aliphatic rings. The van der Waals surface area contributed by atoms with Crippen molar-refractivity contribution in [2.45, 2.75) is 17.4 Å². The highest BCUT2D eigenvalue weighted by atomic mass is 32.2. The number of imide groups is 2.